The van der Waals surface area contributed by atoms with Gasteiger partial charge in [-0.15, -0.1) is 0 Å². The summed E-state index contributed by atoms with van der Waals surface area (Å²) < 4.78 is 0. The lowest BCUT2D eigenvalue weighted by Crippen LogP contribution is -2.51. The Balaban J connectivity index is 2.27. The highest BCUT2D eigenvalue weighted by atomic mass is 16.2. The molecule has 2 rings (SSSR count). The van der Waals surface area contributed by atoms with Crippen LogP contribution in [0.25, 0.3) is 0 Å². The predicted octanol–water partition coefficient (Wildman–Crippen LogP) is 4.26. The molecule has 2 atom stereocenters. The molecular formula is C24H32N2O2. The molecule has 0 spiro atoms. The fraction of sp³-hybridized carbons (Fsp3) is 0.417. The van der Waals surface area contributed by atoms with Crippen molar-refractivity contribution < 1.29 is 9.59 Å². The van der Waals surface area contributed by atoms with E-state index < -0.39 is 6.04 Å². The van der Waals surface area contributed by atoms with Gasteiger partial charge in [0.25, 0.3) is 0 Å². The Labute approximate surface area is 169 Å². The third kappa shape index (κ3) is 5.95. The number of amides is 2. The monoisotopic (exact) mass is 380 g/mol. The third-order valence-corrected chi connectivity index (χ3v) is 5.19. The van der Waals surface area contributed by atoms with Crippen molar-refractivity contribution in [3.8, 4) is 0 Å². The van der Waals surface area contributed by atoms with Crippen LogP contribution in [0.5, 0.6) is 0 Å². The molecule has 0 aliphatic rings. The van der Waals surface area contributed by atoms with Crippen LogP contribution >= 0.6 is 0 Å². The van der Waals surface area contributed by atoms with Gasteiger partial charge in [0.2, 0.25) is 11.8 Å². The Morgan fingerprint density at radius 3 is 2.21 bits per heavy atom. The van der Waals surface area contributed by atoms with Gasteiger partial charge < -0.3 is 10.2 Å². The summed E-state index contributed by atoms with van der Waals surface area (Å²) in [5.74, 6) is -0.102. The molecule has 0 fully saturated rings. The molecule has 0 aliphatic heterocycles. The largest absolute Gasteiger partial charge is 0.352 e. The lowest BCUT2D eigenvalue weighted by atomic mass is 10.0. The number of carbonyl (C=O) groups excluding carboxylic acids is 2. The molecule has 2 aromatic carbocycles. The molecule has 0 bridgehead atoms. The summed E-state index contributed by atoms with van der Waals surface area (Å²) >= 11 is 0. The van der Waals surface area contributed by atoms with Crippen LogP contribution in [0.4, 0.5) is 0 Å². The molecule has 2 amide bonds. The Hall–Kier alpha value is -2.62. The second-order valence-electron chi connectivity index (χ2n) is 7.35. The van der Waals surface area contributed by atoms with Crippen molar-refractivity contribution >= 4 is 11.8 Å². The standard InChI is InChI=1S/C24H32N2O2/c1-5-19(4)25-24(28)22(6-2)26(17-20-13-8-7-9-14-20)23(27)16-21-15-11-10-12-18(21)3/h7-15,19,22H,5-6,16-17H2,1-4H3,(H,25,28). The summed E-state index contributed by atoms with van der Waals surface area (Å²) in [7, 11) is 0. The minimum Gasteiger partial charge on any atom is -0.352 e. The highest BCUT2D eigenvalue weighted by Gasteiger charge is 2.29. The van der Waals surface area contributed by atoms with Gasteiger partial charge in [0.15, 0.2) is 0 Å². The fourth-order valence-electron chi connectivity index (χ4n) is 3.21. The van der Waals surface area contributed by atoms with E-state index in [0.717, 1.165) is 23.1 Å². The van der Waals surface area contributed by atoms with Gasteiger partial charge in [-0.3, -0.25) is 9.59 Å². The van der Waals surface area contributed by atoms with E-state index in [2.05, 4.69) is 5.32 Å². The van der Waals surface area contributed by atoms with Crippen LogP contribution in [0.2, 0.25) is 0 Å². The molecule has 2 aromatic rings. The van der Waals surface area contributed by atoms with Gasteiger partial charge >= 0.3 is 0 Å². The van der Waals surface area contributed by atoms with Crippen LogP contribution in [-0.2, 0) is 22.6 Å². The van der Waals surface area contributed by atoms with E-state index in [9.17, 15) is 9.59 Å². The van der Waals surface area contributed by atoms with Crippen LogP contribution in [0, 0.1) is 6.92 Å². The minimum absolute atomic E-state index is 0.0238. The van der Waals surface area contributed by atoms with E-state index in [1.807, 2.05) is 82.3 Å². The molecule has 4 heteroatoms. The first kappa shape index (κ1) is 21.7. The second-order valence-corrected chi connectivity index (χ2v) is 7.35. The third-order valence-electron chi connectivity index (χ3n) is 5.19. The lowest BCUT2D eigenvalue weighted by molar-refractivity contribution is -0.141. The molecule has 0 aliphatic carbocycles. The predicted molar refractivity (Wildman–Crippen MR) is 114 cm³/mol. The summed E-state index contributed by atoms with van der Waals surface area (Å²) in [6, 6.07) is 17.4. The number of hydrogen-bond acceptors (Lipinski definition) is 2. The lowest BCUT2D eigenvalue weighted by Gasteiger charge is -2.31. The van der Waals surface area contributed by atoms with E-state index in [-0.39, 0.29) is 17.9 Å². The number of hydrogen-bond donors (Lipinski definition) is 1. The molecule has 0 radical (unpaired) electrons. The summed E-state index contributed by atoms with van der Waals surface area (Å²) in [6.45, 7) is 8.42. The molecule has 28 heavy (non-hydrogen) atoms. The summed E-state index contributed by atoms with van der Waals surface area (Å²) in [4.78, 5) is 27.9. The summed E-state index contributed by atoms with van der Waals surface area (Å²) in [5, 5.41) is 3.04. The van der Waals surface area contributed by atoms with Crippen molar-refractivity contribution in [3.63, 3.8) is 0 Å². The number of carbonyl (C=O) groups is 2. The number of benzene rings is 2. The van der Waals surface area contributed by atoms with Crippen molar-refractivity contribution in [1.29, 1.82) is 0 Å². The zero-order valence-corrected chi connectivity index (χ0v) is 17.4. The fourth-order valence-corrected chi connectivity index (χ4v) is 3.21. The zero-order chi connectivity index (χ0) is 20.5. The highest BCUT2D eigenvalue weighted by molar-refractivity contribution is 5.88. The molecule has 0 heterocycles. The minimum atomic E-state index is -0.481. The number of aryl methyl sites for hydroxylation is 1. The normalized spacial score (nSPS) is 12.9. The smallest absolute Gasteiger partial charge is 0.243 e. The van der Waals surface area contributed by atoms with Gasteiger partial charge in [-0.1, -0.05) is 68.4 Å². The average Bonchev–Trinajstić information content (AvgIpc) is 2.70. The Morgan fingerprint density at radius 1 is 0.964 bits per heavy atom. The Bertz CT molecular complexity index is 773. The van der Waals surface area contributed by atoms with Gasteiger partial charge in [-0.2, -0.15) is 0 Å². The Morgan fingerprint density at radius 2 is 1.61 bits per heavy atom. The molecule has 0 saturated carbocycles. The van der Waals surface area contributed by atoms with Crippen molar-refractivity contribution in [2.45, 2.75) is 65.6 Å². The topological polar surface area (TPSA) is 49.4 Å². The van der Waals surface area contributed by atoms with E-state index >= 15 is 0 Å². The zero-order valence-electron chi connectivity index (χ0n) is 17.4. The maximum Gasteiger partial charge on any atom is 0.243 e. The molecule has 0 saturated heterocycles. The Kier molecular flexibility index (Phi) is 8.24. The first-order valence-electron chi connectivity index (χ1n) is 10.1. The van der Waals surface area contributed by atoms with Gasteiger partial charge in [-0.25, -0.2) is 0 Å². The summed E-state index contributed by atoms with van der Waals surface area (Å²) in [5.41, 5.74) is 3.12. The van der Waals surface area contributed by atoms with Gasteiger partial charge in [0.1, 0.15) is 6.04 Å². The number of nitrogens with one attached hydrogen (secondary N) is 1. The second kappa shape index (κ2) is 10.6. The first-order chi connectivity index (χ1) is 13.5. The maximum absolute atomic E-state index is 13.3. The molecule has 1 N–H and O–H groups in total. The van der Waals surface area contributed by atoms with E-state index in [1.165, 1.54) is 0 Å². The van der Waals surface area contributed by atoms with Crippen LogP contribution < -0.4 is 5.32 Å². The van der Waals surface area contributed by atoms with E-state index in [4.69, 9.17) is 0 Å². The van der Waals surface area contributed by atoms with E-state index in [0.29, 0.717) is 19.4 Å². The average molecular weight is 381 g/mol. The number of nitrogens with zero attached hydrogens (tertiary/aromatic N) is 1. The molecule has 4 nitrogen and oxygen atoms in total. The van der Waals surface area contributed by atoms with Crippen molar-refractivity contribution in [1.82, 2.24) is 10.2 Å². The van der Waals surface area contributed by atoms with E-state index in [1.54, 1.807) is 4.90 Å². The molecule has 2 unspecified atom stereocenters. The SMILES string of the molecule is CCC(C)NC(=O)C(CC)N(Cc1ccccc1)C(=O)Cc1ccccc1C. The highest BCUT2D eigenvalue weighted by Crippen LogP contribution is 2.16. The molecular weight excluding hydrogens is 348 g/mol. The van der Waals surface area contributed by atoms with Crippen LogP contribution in [-0.4, -0.2) is 28.8 Å². The van der Waals surface area contributed by atoms with Crippen molar-refractivity contribution in [2.75, 3.05) is 0 Å². The first-order valence-corrected chi connectivity index (χ1v) is 10.1. The van der Waals surface area contributed by atoms with Crippen molar-refractivity contribution in [2.24, 2.45) is 0 Å². The van der Waals surface area contributed by atoms with Crippen molar-refractivity contribution in [3.05, 3.63) is 71.3 Å². The number of rotatable bonds is 9. The summed E-state index contributed by atoms with van der Waals surface area (Å²) in [6.07, 6.45) is 1.74. The van der Waals surface area contributed by atoms with Gasteiger partial charge in [0.05, 0.1) is 6.42 Å². The molecule has 150 valence electrons. The van der Waals surface area contributed by atoms with Crippen LogP contribution in [0.1, 0.15) is 50.3 Å². The van der Waals surface area contributed by atoms with Gasteiger partial charge in [0, 0.05) is 12.6 Å². The quantitative estimate of drug-likeness (QED) is 0.707. The van der Waals surface area contributed by atoms with Crippen LogP contribution in [0.15, 0.2) is 54.6 Å². The van der Waals surface area contributed by atoms with Gasteiger partial charge in [-0.05, 0) is 43.4 Å². The maximum atomic E-state index is 13.3. The van der Waals surface area contributed by atoms with Crippen LogP contribution in [0.3, 0.4) is 0 Å². The molecule has 0 aromatic heterocycles.